The predicted octanol–water partition coefficient (Wildman–Crippen LogP) is 3.25. The molecular weight excluding hydrogens is 275 g/mol. The molecule has 0 saturated carbocycles. The Bertz CT molecular complexity index is 395. The molecule has 2 nitrogen and oxygen atoms in total. The lowest BCUT2D eigenvalue weighted by molar-refractivity contribution is -0.116. The molecule has 1 aromatic carbocycles. The first-order valence-electron chi connectivity index (χ1n) is 5.22. The fourth-order valence-electron chi connectivity index (χ4n) is 1.93. The second kappa shape index (κ2) is 5.06. The van der Waals surface area contributed by atoms with Crippen molar-refractivity contribution in [3.63, 3.8) is 0 Å². The zero-order valence-electron chi connectivity index (χ0n) is 8.66. The van der Waals surface area contributed by atoms with Crippen LogP contribution in [0.5, 0.6) is 0 Å². The molecule has 2 rings (SSSR count). The molecule has 1 heterocycles. The van der Waals surface area contributed by atoms with E-state index in [4.69, 9.17) is 4.74 Å². The first kappa shape index (κ1) is 11.7. The van der Waals surface area contributed by atoms with E-state index in [0.717, 1.165) is 12.7 Å². The lowest BCUT2D eigenvalue weighted by Gasteiger charge is -2.27. The quantitative estimate of drug-likeness (QED) is 0.780. The molecule has 2 unspecified atom stereocenters. The summed E-state index contributed by atoms with van der Waals surface area (Å²) >= 11 is 3.21. The Hall–Kier alpha value is -0.740. The van der Waals surface area contributed by atoms with Gasteiger partial charge in [0.25, 0.3) is 0 Å². The fraction of sp³-hybridized carbons (Fsp3) is 0.417. The first-order chi connectivity index (χ1) is 7.70. The van der Waals surface area contributed by atoms with Gasteiger partial charge in [-0.2, -0.15) is 0 Å². The highest BCUT2D eigenvalue weighted by Gasteiger charge is 2.25. The third-order valence-corrected chi connectivity index (χ3v) is 3.32. The summed E-state index contributed by atoms with van der Waals surface area (Å²) in [7, 11) is 0. The maximum atomic E-state index is 13.7. The van der Waals surface area contributed by atoms with Crippen molar-refractivity contribution in [2.75, 3.05) is 6.61 Å². The van der Waals surface area contributed by atoms with E-state index in [-0.39, 0.29) is 17.8 Å². The van der Waals surface area contributed by atoms with E-state index in [1.165, 1.54) is 6.07 Å². The van der Waals surface area contributed by atoms with E-state index in [2.05, 4.69) is 15.9 Å². The molecule has 2 atom stereocenters. The number of aldehydes is 1. The van der Waals surface area contributed by atoms with Gasteiger partial charge in [0.05, 0.1) is 6.10 Å². The van der Waals surface area contributed by atoms with E-state index >= 15 is 0 Å². The Morgan fingerprint density at radius 2 is 2.31 bits per heavy atom. The molecule has 1 aliphatic heterocycles. The Labute approximate surface area is 102 Å². The largest absolute Gasteiger partial charge is 0.373 e. The highest BCUT2D eigenvalue weighted by Crippen LogP contribution is 2.32. The van der Waals surface area contributed by atoms with Gasteiger partial charge in [-0.25, -0.2) is 4.39 Å². The number of hydrogen-bond donors (Lipinski definition) is 0. The van der Waals surface area contributed by atoms with Gasteiger partial charge >= 0.3 is 0 Å². The molecule has 1 aromatic rings. The average Bonchev–Trinajstić information content (AvgIpc) is 2.29. The maximum absolute atomic E-state index is 13.7. The van der Waals surface area contributed by atoms with Crippen molar-refractivity contribution < 1.29 is 13.9 Å². The molecular formula is C12H12BrFO2. The predicted molar refractivity (Wildman–Crippen MR) is 61.6 cm³/mol. The number of halogens is 2. The van der Waals surface area contributed by atoms with Crippen LogP contribution in [0.4, 0.5) is 4.39 Å². The summed E-state index contributed by atoms with van der Waals surface area (Å²) in [6.45, 7) is 0.517. The standard InChI is InChI=1S/C12H12BrFO2/c13-9-1-2-10(11(14)6-9)12-5-8(7-15)3-4-16-12/h1-2,6-8,12H,3-5H2. The van der Waals surface area contributed by atoms with Gasteiger partial charge in [-0.1, -0.05) is 22.0 Å². The lowest BCUT2D eigenvalue weighted by atomic mass is 9.93. The summed E-state index contributed by atoms with van der Waals surface area (Å²) < 4.78 is 19.9. The van der Waals surface area contributed by atoms with Gasteiger partial charge in [0.2, 0.25) is 0 Å². The molecule has 0 spiro atoms. The number of carbonyl (C=O) groups excluding carboxylic acids is 1. The van der Waals surface area contributed by atoms with Crippen LogP contribution in [0, 0.1) is 11.7 Å². The van der Waals surface area contributed by atoms with Crippen LogP contribution >= 0.6 is 15.9 Å². The molecule has 16 heavy (non-hydrogen) atoms. The van der Waals surface area contributed by atoms with Gasteiger partial charge in [-0.3, -0.25) is 0 Å². The number of ether oxygens (including phenoxy) is 1. The minimum Gasteiger partial charge on any atom is -0.373 e. The van der Waals surface area contributed by atoms with Crippen molar-refractivity contribution in [2.45, 2.75) is 18.9 Å². The lowest BCUT2D eigenvalue weighted by Crippen LogP contribution is -2.21. The minimum atomic E-state index is -0.294. The summed E-state index contributed by atoms with van der Waals surface area (Å²) in [5.74, 6) is -0.298. The smallest absolute Gasteiger partial charge is 0.130 e. The molecule has 0 aliphatic carbocycles. The van der Waals surface area contributed by atoms with Gasteiger partial charge in [-0.15, -0.1) is 0 Å². The molecule has 0 N–H and O–H groups in total. The van der Waals surface area contributed by atoms with Crippen LogP contribution in [0.15, 0.2) is 22.7 Å². The third kappa shape index (κ3) is 2.50. The second-order valence-electron chi connectivity index (χ2n) is 3.95. The van der Waals surface area contributed by atoms with E-state index in [1.807, 2.05) is 0 Å². The maximum Gasteiger partial charge on any atom is 0.130 e. The van der Waals surface area contributed by atoms with E-state index in [1.54, 1.807) is 12.1 Å². The molecule has 0 bridgehead atoms. The molecule has 1 aliphatic rings. The summed E-state index contributed by atoms with van der Waals surface area (Å²) in [5, 5.41) is 0. The van der Waals surface area contributed by atoms with Gasteiger partial charge in [0.15, 0.2) is 0 Å². The summed E-state index contributed by atoms with van der Waals surface area (Å²) in [4.78, 5) is 10.7. The van der Waals surface area contributed by atoms with Gasteiger partial charge < -0.3 is 9.53 Å². The number of rotatable bonds is 2. The monoisotopic (exact) mass is 286 g/mol. The summed E-state index contributed by atoms with van der Waals surface area (Å²) in [6.07, 6.45) is 1.95. The van der Waals surface area contributed by atoms with E-state index in [0.29, 0.717) is 23.1 Å². The van der Waals surface area contributed by atoms with Crippen molar-refractivity contribution in [3.8, 4) is 0 Å². The number of carbonyl (C=O) groups is 1. The van der Waals surface area contributed by atoms with Gasteiger partial charge in [0, 0.05) is 22.6 Å². The van der Waals surface area contributed by atoms with Crippen molar-refractivity contribution in [1.82, 2.24) is 0 Å². The van der Waals surface area contributed by atoms with Crippen LogP contribution in [0.3, 0.4) is 0 Å². The highest BCUT2D eigenvalue weighted by molar-refractivity contribution is 9.10. The summed E-state index contributed by atoms with van der Waals surface area (Å²) in [6, 6.07) is 4.91. The minimum absolute atomic E-state index is 0.0122. The van der Waals surface area contributed by atoms with Crippen LogP contribution < -0.4 is 0 Å². The van der Waals surface area contributed by atoms with Gasteiger partial charge in [0.1, 0.15) is 12.1 Å². The number of benzene rings is 1. The SMILES string of the molecule is O=CC1CCOC(c2ccc(Br)cc2F)C1. The zero-order valence-corrected chi connectivity index (χ0v) is 10.2. The molecule has 0 amide bonds. The fourth-order valence-corrected chi connectivity index (χ4v) is 2.26. The van der Waals surface area contributed by atoms with E-state index < -0.39 is 0 Å². The van der Waals surface area contributed by atoms with Crippen LogP contribution in [-0.2, 0) is 9.53 Å². The second-order valence-corrected chi connectivity index (χ2v) is 4.86. The Kier molecular flexibility index (Phi) is 3.71. The van der Waals surface area contributed by atoms with Crippen molar-refractivity contribution in [1.29, 1.82) is 0 Å². The molecule has 0 radical (unpaired) electrons. The van der Waals surface area contributed by atoms with Crippen molar-refractivity contribution >= 4 is 22.2 Å². The van der Waals surface area contributed by atoms with Crippen LogP contribution in [0.2, 0.25) is 0 Å². The van der Waals surface area contributed by atoms with Gasteiger partial charge in [-0.05, 0) is 25.0 Å². The zero-order chi connectivity index (χ0) is 11.5. The summed E-state index contributed by atoms with van der Waals surface area (Å²) in [5.41, 5.74) is 0.537. The first-order valence-corrected chi connectivity index (χ1v) is 6.02. The molecule has 86 valence electrons. The Morgan fingerprint density at radius 3 is 3.00 bits per heavy atom. The molecule has 1 saturated heterocycles. The highest BCUT2D eigenvalue weighted by atomic mass is 79.9. The molecule has 0 aromatic heterocycles. The van der Waals surface area contributed by atoms with Crippen LogP contribution in [-0.4, -0.2) is 12.9 Å². The van der Waals surface area contributed by atoms with Crippen molar-refractivity contribution in [3.05, 3.63) is 34.1 Å². The van der Waals surface area contributed by atoms with Crippen LogP contribution in [0.1, 0.15) is 24.5 Å². The topological polar surface area (TPSA) is 26.3 Å². The Balaban J connectivity index is 2.19. The normalized spacial score (nSPS) is 25.4. The Morgan fingerprint density at radius 1 is 1.50 bits per heavy atom. The van der Waals surface area contributed by atoms with Crippen LogP contribution in [0.25, 0.3) is 0 Å². The van der Waals surface area contributed by atoms with E-state index in [9.17, 15) is 9.18 Å². The average molecular weight is 287 g/mol. The molecule has 4 heteroatoms. The molecule has 1 fully saturated rings. The number of hydrogen-bond acceptors (Lipinski definition) is 2. The third-order valence-electron chi connectivity index (χ3n) is 2.83. The van der Waals surface area contributed by atoms with Crippen molar-refractivity contribution in [2.24, 2.45) is 5.92 Å².